The van der Waals surface area contributed by atoms with E-state index in [9.17, 15) is 9.36 Å². The minimum absolute atomic E-state index is 0.00644. The lowest BCUT2D eigenvalue weighted by Crippen LogP contribution is -2.20. The standard InChI is InChI=1S/C20H31Cl2O4PS/c1-2-3-4-5-6-7-11-14-20(23)28-19(17-26-27(21,22)24)16-25-15-18-12-9-8-10-13-18/h8-10,12-13,19H,2-7,11,14-17H2,1H3/t19-/m0/s1. The normalized spacial score (nSPS) is 12.8. The van der Waals surface area contributed by atoms with Crippen LogP contribution in [-0.4, -0.2) is 23.6 Å². The Morgan fingerprint density at radius 2 is 1.68 bits per heavy atom. The summed E-state index contributed by atoms with van der Waals surface area (Å²) >= 11 is 12.1. The van der Waals surface area contributed by atoms with Crippen LogP contribution < -0.4 is 0 Å². The summed E-state index contributed by atoms with van der Waals surface area (Å²) in [7, 11) is 0. The number of hydrogen-bond acceptors (Lipinski definition) is 5. The average Bonchev–Trinajstić information content (AvgIpc) is 2.65. The molecule has 0 aliphatic carbocycles. The van der Waals surface area contributed by atoms with Gasteiger partial charge >= 0.3 is 6.07 Å². The highest BCUT2D eigenvalue weighted by Gasteiger charge is 2.21. The van der Waals surface area contributed by atoms with E-state index in [-0.39, 0.29) is 23.6 Å². The molecule has 1 rings (SSSR count). The van der Waals surface area contributed by atoms with E-state index in [1.54, 1.807) is 0 Å². The maximum atomic E-state index is 12.3. The second-order valence-electron chi connectivity index (χ2n) is 6.69. The van der Waals surface area contributed by atoms with Crippen molar-refractivity contribution in [1.82, 2.24) is 0 Å². The van der Waals surface area contributed by atoms with Crippen LogP contribution in [0.2, 0.25) is 0 Å². The summed E-state index contributed by atoms with van der Waals surface area (Å²) in [6, 6.07) is 9.76. The molecule has 0 aromatic heterocycles. The molecule has 0 saturated heterocycles. The van der Waals surface area contributed by atoms with Crippen LogP contribution in [0.3, 0.4) is 0 Å². The maximum absolute atomic E-state index is 12.3. The van der Waals surface area contributed by atoms with Crippen LogP contribution >= 0.6 is 40.3 Å². The Balaban J connectivity index is 2.32. The molecule has 8 heteroatoms. The molecule has 0 saturated carbocycles. The van der Waals surface area contributed by atoms with E-state index in [2.05, 4.69) is 6.92 Å². The lowest BCUT2D eigenvalue weighted by atomic mass is 10.1. The number of halogens is 2. The van der Waals surface area contributed by atoms with E-state index >= 15 is 0 Å². The number of benzene rings is 1. The van der Waals surface area contributed by atoms with Crippen LogP contribution in [0.15, 0.2) is 30.3 Å². The van der Waals surface area contributed by atoms with E-state index in [0.29, 0.717) is 13.0 Å². The van der Waals surface area contributed by atoms with Gasteiger partial charge in [-0.25, -0.2) is 0 Å². The van der Waals surface area contributed by atoms with Gasteiger partial charge in [0.15, 0.2) is 5.12 Å². The first-order valence-electron chi connectivity index (χ1n) is 9.85. The Morgan fingerprint density at radius 1 is 1.04 bits per heavy atom. The number of hydrogen-bond donors (Lipinski definition) is 0. The fraction of sp³-hybridized carbons (Fsp3) is 0.650. The molecule has 0 amide bonds. The number of carbonyl (C=O) groups excluding carboxylic acids is 1. The molecule has 0 aliphatic rings. The van der Waals surface area contributed by atoms with Gasteiger partial charge in [0.25, 0.3) is 0 Å². The van der Waals surface area contributed by atoms with Gasteiger partial charge in [-0.05, 0) is 34.5 Å². The van der Waals surface area contributed by atoms with Gasteiger partial charge in [0.1, 0.15) is 0 Å². The van der Waals surface area contributed by atoms with Crippen molar-refractivity contribution in [2.24, 2.45) is 0 Å². The largest absolute Gasteiger partial charge is 0.380 e. The Kier molecular flexibility index (Phi) is 14.6. The van der Waals surface area contributed by atoms with Gasteiger partial charge in [-0.2, -0.15) is 0 Å². The molecule has 0 bridgehead atoms. The Hall–Kier alpha value is -0.0300. The van der Waals surface area contributed by atoms with E-state index in [1.807, 2.05) is 30.3 Å². The zero-order valence-corrected chi connectivity index (χ0v) is 19.7. The molecular formula is C20H31Cl2O4PS. The van der Waals surface area contributed by atoms with Crippen molar-refractivity contribution in [1.29, 1.82) is 0 Å². The molecule has 28 heavy (non-hydrogen) atoms. The molecular weight excluding hydrogens is 438 g/mol. The van der Waals surface area contributed by atoms with Crippen LogP contribution in [0.1, 0.15) is 63.9 Å². The topological polar surface area (TPSA) is 52.6 Å². The third kappa shape index (κ3) is 14.9. The molecule has 0 aliphatic heterocycles. The molecule has 160 valence electrons. The minimum Gasteiger partial charge on any atom is -0.376 e. The Morgan fingerprint density at radius 3 is 2.32 bits per heavy atom. The summed E-state index contributed by atoms with van der Waals surface area (Å²) in [6.07, 6.45) is 5.05. The van der Waals surface area contributed by atoms with Gasteiger partial charge in [0, 0.05) is 6.42 Å². The first-order chi connectivity index (χ1) is 13.4. The van der Waals surface area contributed by atoms with E-state index < -0.39 is 6.07 Å². The summed E-state index contributed by atoms with van der Waals surface area (Å²) in [5.74, 6) is 0. The van der Waals surface area contributed by atoms with Gasteiger partial charge in [0.2, 0.25) is 0 Å². The first-order valence-corrected chi connectivity index (χ1v) is 14.2. The van der Waals surface area contributed by atoms with Crippen LogP contribution in [-0.2, 0) is 25.2 Å². The highest BCUT2D eigenvalue weighted by atomic mass is 35.9. The Labute approximate surface area is 183 Å². The molecule has 1 atom stereocenters. The lowest BCUT2D eigenvalue weighted by Gasteiger charge is -2.16. The molecule has 1 aromatic carbocycles. The maximum Gasteiger partial charge on any atom is 0.380 e. The zero-order chi connectivity index (χ0) is 20.7. The van der Waals surface area contributed by atoms with Crippen LogP contribution in [0.25, 0.3) is 0 Å². The number of carbonyl (C=O) groups is 1. The summed E-state index contributed by atoms with van der Waals surface area (Å²) < 4.78 is 22.1. The summed E-state index contributed by atoms with van der Waals surface area (Å²) in [6.45, 7) is 2.93. The van der Waals surface area contributed by atoms with Crippen LogP contribution in [0, 0.1) is 0 Å². The second-order valence-corrected chi connectivity index (χ2v) is 12.3. The highest BCUT2D eigenvalue weighted by molar-refractivity contribution is 8.14. The van der Waals surface area contributed by atoms with E-state index in [4.69, 9.17) is 31.7 Å². The fourth-order valence-electron chi connectivity index (χ4n) is 2.64. The number of thioether (sulfide) groups is 1. The predicted octanol–water partition coefficient (Wildman–Crippen LogP) is 7.57. The van der Waals surface area contributed by atoms with Crippen LogP contribution in [0.4, 0.5) is 0 Å². The number of unbranched alkanes of at least 4 members (excludes halogenated alkanes) is 6. The smallest absolute Gasteiger partial charge is 0.376 e. The lowest BCUT2D eigenvalue weighted by molar-refractivity contribution is -0.111. The van der Waals surface area contributed by atoms with Gasteiger partial charge in [-0.15, -0.1) is 0 Å². The van der Waals surface area contributed by atoms with Crippen molar-refractivity contribution in [3.8, 4) is 0 Å². The predicted molar refractivity (Wildman–Crippen MR) is 120 cm³/mol. The average molecular weight is 469 g/mol. The molecule has 0 radical (unpaired) electrons. The monoisotopic (exact) mass is 468 g/mol. The summed E-state index contributed by atoms with van der Waals surface area (Å²) in [5.41, 5.74) is 1.04. The quantitative estimate of drug-likeness (QED) is 0.185. The van der Waals surface area contributed by atoms with Gasteiger partial charge < -0.3 is 9.26 Å². The summed E-state index contributed by atoms with van der Waals surface area (Å²) in [4.78, 5) is 12.3. The Bertz CT molecular complexity index is 583. The van der Waals surface area contributed by atoms with Gasteiger partial charge in [0.05, 0.1) is 25.1 Å². The van der Waals surface area contributed by atoms with Gasteiger partial charge in [-0.3, -0.25) is 9.36 Å². The van der Waals surface area contributed by atoms with Crippen LogP contribution in [0.5, 0.6) is 0 Å². The van der Waals surface area contributed by atoms with Crippen molar-refractivity contribution >= 4 is 45.4 Å². The van der Waals surface area contributed by atoms with Crippen molar-refractivity contribution in [2.75, 3.05) is 13.2 Å². The van der Waals surface area contributed by atoms with Crippen molar-refractivity contribution in [3.63, 3.8) is 0 Å². The molecule has 1 aromatic rings. The molecule has 0 spiro atoms. The van der Waals surface area contributed by atoms with Crippen molar-refractivity contribution in [3.05, 3.63) is 35.9 Å². The van der Waals surface area contributed by atoms with Gasteiger partial charge in [-0.1, -0.05) is 87.5 Å². The molecule has 0 heterocycles. The highest BCUT2D eigenvalue weighted by Crippen LogP contribution is 2.57. The zero-order valence-electron chi connectivity index (χ0n) is 16.5. The molecule has 0 fully saturated rings. The minimum atomic E-state index is -3.63. The third-order valence-electron chi connectivity index (χ3n) is 4.11. The number of rotatable bonds is 16. The molecule has 4 nitrogen and oxygen atoms in total. The third-order valence-corrected chi connectivity index (χ3v) is 6.22. The van der Waals surface area contributed by atoms with E-state index in [0.717, 1.165) is 18.4 Å². The summed E-state index contributed by atoms with van der Waals surface area (Å²) in [5, 5.41) is -0.212. The van der Waals surface area contributed by atoms with Crippen molar-refractivity contribution in [2.45, 2.75) is 70.1 Å². The first kappa shape index (κ1) is 26.0. The fourth-order valence-corrected chi connectivity index (χ4v) is 4.37. The second kappa shape index (κ2) is 15.8. The number of ether oxygens (including phenoxy) is 1. The molecule has 0 unspecified atom stereocenters. The molecule has 0 N–H and O–H groups in total. The van der Waals surface area contributed by atoms with E-state index in [1.165, 1.54) is 43.9 Å². The SMILES string of the molecule is CCCCCCCCCC(=O)S[C@@H](COCc1ccccc1)COP(=O)(Cl)Cl. The van der Waals surface area contributed by atoms with Crippen molar-refractivity contribution < 1.29 is 18.6 Å².